The summed E-state index contributed by atoms with van der Waals surface area (Å²) in [5.74, 6) is -0.335. The quantitative estimate of drug-likeness (QED) is 0.813. The van der Waals surface area contributed by atoms with Gasteiger partial charge in [-0.3, -0.25) is 9.59 Å². The minimum absolute atomic E-state index is 0.0169. The predicted molar refractivity (Wildman–Crippen MR) is 85.2 cm³/mol. The van der Waals surface area contributed by atoms with Crippen molar-refractivity contribution in [1.82, 2.24) is 10.6 Å². The molecule has 0 saturated carbocycles. The number of rotatable bonds is 7. The smallest absolute Gasteiger partial charge is 0.239 e. The number of carbonyl (C=O) groups is 2. The SMILES string of the molecule is CC[C@@H](C)C(=O)NCC(=O)N[C@H](C)Cc1cccc(Cl)c1. The third-order valence-corrected chi connectivity index (χ3v) is 3.56. The zero-order valence-corrected chi connectivity index (χ0v) is 13.5. The maximum Gasteiger partial charge on any atom is 0.239 e. The van der Waals surface area contributed by atoms with E-state index in [2.05, 4.69) is 10.6 Å². The van der Waals surface area contributed by atoms with Crippen molar-refractivity contribution in [2.45, 2.75) is 39.7 Å². The molecule has 116 valence electrons. The van der Waals surface area contributed by atoms with Crippen LogP contribution in [0.15, 0.2) is 24.3 Å². The number of carbonyl (C=O) groups excluding carboxylic acids is 2. The lowest BCUT2D eigenvalue weighted by molar-refractivity contribution is -0.128. The summed E-state index contributed by atoms with van der Waals surface area (Å²) in [5, 5.41) is 6.19. The third kappa shape index (κ3) is 6.63. The molecule has 1 aromatic carbocycles. The molecule has 0 saturated heterocycles. The van der Waals surface area contributed by atoms with E-state index < -0.39 is 0 Å². The normalized spacial score (nSPS) is 13.3. The van der Waals surface area contributed by atoms with Gasteiger partial charge in [0.2, 0.25) is 11.8 Å². The van der Waals surface area contributed by atoms with Crippen LogP contribution >= 0.6 is 11.6 Å². The van der Waals surface area contributed by atoms with E-state index in [0.717, 1.165) is 12.0 Å². The van der Waals surface area contributed by atoms with Gasteiger partial charge in [0, 0.05) is 17.0 Å². The van der Waals surface area contributed by atoms with E-state index >= 15 is 0 Å². The summed E-state index contributed by atoms with van der Waals surface area (Å²) < 4.78 is 0. The average Bonchev–Trinajstić information content (AvgIpc) is 2.43. The van der Waals surface area contributed by atoms with E-state index in [1.807, 2.05) is 45.0 Å². The number of amides is 2. The number of hydrogen-bond donors (Lipinski definition) is 2. The van der Waals surface area contributed by atoms with Crippen LogP contribution in [0.2, 0.25) is 5.02 Å². The fraction of sp³-hybridized carbons (Fsp3) is 0.500. The Balaban J connectivity index is 2.35. The minimum atomic E-state index is -0.179. The largest absolute Gasteiger partial charge is 0.352 e. The van der Waals surface area contributed by atoms with Gasteiger partial charge in [0.25, 0.3) is 0 Å². The van der Waals surface area contributed by atoms with E-state index in [1.54, 1.807) is 0 Å². The molecule has 0 radical (unpaired) electrons. The van der Waals surface area contributed by atoms with Crippen LogP contribution in [0.4, 0.5) is 0 Å². The second-order valence-electron chi connectivity index (χ2n) is 5.33. The molecule has 2 amide bonds. The number of benzene rings is 1. The zero-order valence-electron chi connectivity index (χ0n) is 12.8. The van der Waals surface area contributed by atoms with Crippen molar-refractivity contribution < 1.29 is 9.59 Å². The second-order valence-corrected chi connectivity index (χ2v) is 5.77. The van der Waals surface area contributed by atoms with Gasteiger partial charge in [-0.25, -0.2) is 0 Å². The maximum absolute atomic E-state index is 11.8. The lowest BCUT2D eigenvalue weighted by Gasteiger charge is -2.15. The first-order valence-corrected chi connectivity index (χ1v) is 7.61. The molecular weight excluding hydrogens is 288 g/mol. The van der Waals surface area contributed by atoms with Crippen LogP contribution in [-0.4, -0.2) is 24.4 Å². The highest BCUT2D eigenvalue weighted by Crippen LogP contribution is 2.12. The van der Waals surface area contributed by atoms with Gasteiger partial charge in [0.1, 0.15) is 0 Å². The molecule has 0 bridgehead atoms. The molecule has 21 heavy (non-hydrogen) atoms. The standard InChI is InChI=1S/C16H23ClN2O2/c1-4-11(2)16(21)18-10-15(20)19-12(3)8-13-6-5-7-14(17)9-13/h5-7,9,11-12H,4,8,10H2,1-3H3,(H,18,21)(H,19,20)/t11-,12-/m1/s1. The molecule has 0 spiro atoms. The molecule has 1 rings (SSSR count). The molecule has 2 N–H and O–H groups in total. The number of hydrogen-bond acceptors (Lipinski definition) is 2. The summed E-state index contributed by atoms with van der Waals surface area (Å²) >= 11 is 5.93. The maximum atomic E-state index is 11.8. The average molecular weight is 311 g/mol. The molecule has 0 unspecified atom stereocenters. The molecule has 0 aromatic heterocycles. The van der Waals surface area contributed by atoms with Crippen molar-refractivity contribution in [3.05, 3.63) is 34.9 Å². The van der Waals surface area contributed by atoms with Crippen molar-refractivity contribution in [3.63, 3.8) is 0 Å². The summed E-state index contributed by atoms with van der Waals surface area (Å²) in [6.07, 6.45) is 1.46. The predicted octanol–water partition coefficient (Wildman–Crippen LogP) is 2.55. The first-order valence-electron chi connectivity index (χ1n) is 7.23. The highest BCUT2D eigenvalue weighted by atomic mass is 35.5. The van der Waals surface area contributed by atoms with Crippen LogP contribution in [0.25, 0.3) is 0 Å². The van der Waals surface area contributed by atoms with E-state index in [-0.39, 0.29) is 30.3 Å². The first kappa shape index (κ1) is 17.5. The molecule has 0 aliphatic rings. The topological polar surface area (TPSA) is 58.2 Å². The van der Waals surface area contributed by atoms with E-state index in [1.165, 1.54) is 0 Å². The van der Waals surface area contributed by atoms with Gasteiger partial charge < -0.3 is 10.6 Å². The van der Waals surface area contributed by atoms with Crippen molar-refractivity contribution in [2.24, 2.45) is 5.92 Å². The Morgan fingerprint density at radius 2 is 2.00 bits per heavy atom. The lowest BCUT2D eigenvalue weighted by Crippen LogP contribution is -2.42. The van der Waals surface area contributed by atoms with Gasteiger partial charge in [0.05, 0.1) is 6.54 Å². The fourth-order valence-corrected chi connectivity index (χ4v) is 2.13. The van der Waals surface area contributed by atoms with Crippen LogP contribution in [0.1, 0.15) is 32.8 Å². The minimum Gasteiger partial charge on any atom is -0.352 e. The van der Waals surface area contributed by atoms with Gasteiger partial charge in [0.15, 0.2) is 0 Å². The van der Waals surface area contributed by atoms with Crippen LogP contribution in [0, 0.1) is 5.92 Å². The van der Waals surface area contributed by atoms with E-state index in [9.17, 15) is 9.59 Å². The molecule has 0 aliphatic heterocycles. The summed E-state index contributed by atoms with van der Waals surface area (Å²) in [6, 6.07) is 7.54. The monoisotopic (exact) mass is 310 g/mol. The van der Waals surface area contributed by atoms with Crippen molar-refractivity contribution in [3.8, 4) is 0 Å². The Bertz CT molecular complexity index is 491. The Morgan fingerprint density at radius 3 is 2.62 bits per heavy atom. The van der Waals surface area contributed by atoms with Crippen LogP contribution in [0.3, 0.4) is 0 Å². The summed E-state index contributed by atoms with van der Waals surface area (Å²) in [6.45, 7) is 5.73. The fourth-order valence-electron chi connectivity index (χ4n) is 1.92. The Hall–Kier alpha value is -1.55. The second kappa shape index (κ2) is 8.67. The Kier molecular flexibility index (Phi) is 7.23. The van der Waals surface area contributed by atoms with Crippen LogP contribution in [0.5, 0.6) is 0 Å². The molecule has 4 nitrogen and oxygen atoms in total. The van der Waals surface area contributed by atoms with E-state index in [0.29, 0.717) is 11.4 Å². The lowest BCUT2D eigenvalue weighted by atomic mass is 10.1. The van der Waals surface area contributed by atoms with Crippen LogP contribution < -0.4 is 10.6 Å². The first-order chi connectivity index (χ1) is 9.92. The molecule has 5 heteroatoms. The van der Waals surface area contributed by atoms with Gasteiger partial charge in [-0.05, 0) is 37.5 Å². The van der Waals surface area contributed by atoms with Gasteiger partial charge in [-0.2, -0.15) is 0 Å². The highest BCUT2D eigenvalue weighted by molar-refractivity contribution is 6.30. The molecular formula is C16H23ClN2O2. The molecule has 0 fully saturated rings. The van der Waals surface area contributed by atoms with Gasteiger partial charge in [-0.15, -0.1) is 0 Å². The number of halogens is 1. The third-order valence-electron chi connectivity index (χ3n) is 3.32. The summed E-state index contributed by atoms with van der Waals surface area (Å²) in [5.41, 5.74) is 1.07. The van der Waals surface area contributed by atoms with Gasteiger partial charge >= 0.3 is 0 Å². The Labute approximate surface area is 131 Å². The summed E-state index contributed by atoms with van der Waals surface area (Å²) in [7, 11) is 0. The molecule has 2 atom stereocenters. The van der Waals surface area contributed by atoms with E-state index in [4.69, 9.17) is 11.6 Å². The molecule has 0 aliphatic carbocycles. The Morgan fingerprint density at radius 1 is 1.29 bits per heavy atom. The van der Waals surface area contributed by atoms with Crippen molar-refractivity contribution in [1.29, 1.82) is 0 Å². The highest BCUT2D eigenvalue weighted by Gasteiger charge is 2.13. The van der Waals surface area contributed by atoms with Crippen LogP contribution in [-0.2, 0) is 16.0 Å². The number of nitrogens with one attached hydrogen (secondary N) is 2. The van der Waals surface area contributed by atoms with Crippen molar-refractivity contribution in [2.75, 3.05) is 6.54 Å². The van der Waals surface area contributed by atoms with Crippen molar-refractivity contribution >= 4 is 23.4 Å². The molecule has 1 aromatic rings. The zero-order chi connectivity index (χ0) is 15.8. The summed E-state index contributed by atoms with van der Waals surface area (Å²) in [4.78, 5) is 23.4. The van der Waals surface area contributed by atoms with Gasteiger partial charge in [-0.1, -0.05) is 37.6 Å². The molecule has 0 heterocycles.